The summed E-state index contributed by atoms with van der Waals surface area (Å²) < 4.78 is 12.0. The van der Waals surface area contributed by atoms with Gasteiger partial charge >= 0.3 is 6.03 Å². The minimum atomic E-state index is -0.404. The molecule has 1 aliphatic heterocycles. The number of rotatable bonds is 10. The van der Waals surface area contributed by atoms with E-state index in [2.05, 4.69) is 11.9 Å². The highest BCUT2D eigenvalue weighted by atomic mass is 35.5. The van der Waals surface area contributed by atoms with Crippen molar-refractivity contribution in [2.45, 2.75) is 33.3 Å². The molecule has 0 saturated carbocycles. The van der Waals surface area contributed by atoms with E-state index in [1.807, 2.05) is 44.2 Å². The summed E-state index contributed by atoms with van der Waals surface area (Å²) in [5, 5.41) is 3.28. The molecule has 3 amide bonds. The Hall–Kier alpha value is -3.25. The quantitative estimate of drug-likeness (QED) is 0.298. The molecule has 7 heteroatoms. The lowest BCUT2D eigenvalue weighted by molar-refractivity contribution is -0.122. The Morgan fingerprint density at radius 1 is 1.12 bits per heavy atom. The SMILES string of the molecule is C=CCc1cc(/C=C2/NC(=O)N(CCC)C2=O)cc(OCC)c1OCc1ccccc1Cl. The summed E-state index contributed by atoms with van der Waals surface area (Å²) in [6, 6.07) is 10.8. The van der Waals surface area contributed by atoms with Crippen LogP contribution in [0.4, 0.5) is 4.79 Å². The van der Waals surface area contributed by atoms with E-state index < -0.39 is 6.03 Å². The van der Waals surface area contributed by atoms with Gasteiger partial charge in [-0.15, -0.1) is 6.58 Å². The van der Waals surface area contributed by atoms with Crippen LogP contribution in [0.2, 0.25) is 5.02 Å². The third-order valence-electron chi connectivity index (χ3n) is 4.87. The van der Waals surface area contributed by atoms with E-state index in [-0.39, 0.29) is 18.2 Å². The Morgan fingerprint density at radius 3 is 2.59 bits per heavy atom. The van der Waals surface area contributed by atoms with Crippen molar-refractivity contribution in [2.24, 2.45) is 0 Å². The standard InChI is InChI=1S/C25H27ClN2O4/c1-4-9-18-13-17(14-21-24(29)28(12-5-2)25(30)27-21)15-22(31-6-3)23(18)32-16-19-10-7-8-11-20(19)26/h4,7-8,10-11,13-15H,1,5-6,9,12,16H2,2-3H3,(H,27,30)/b21-14+. The second kappa shape index (κ2) is 10.9. The fourth-order valence-corrected chi connectivity index (χ4v) is 3.62. The third-order valence-corrected chi connectivity index (χ3v) is 5.24. The van der Waals surface area contributed by atoms with Crippen LogP contribution in [0.1, 0.15) is 37.0 Å². The van der Waals surface area contributed by atoms with Crippen molar-refractivity contribution >= 4 is 29.6 Å². The van der Waals surface area contributed by atoms with Crippen LogP contribution < -0.4 is 14.8 Å². The lowest BCUT2D eigenvalue weighted by Gasteiger charge is -2.17. The number of allylic oxidation sites excluding steroid dienone is 1. The van der Waals surface area contributed by atoms with Crippen molar-refractivity contribution in [3.8, 4) is 11.5 Å². The molecule has 3 rings (SSSR count). The number of hydrogen-bond acceptors (Lipinski definition) is 4. The molecule has 0 radical (unpaired) electrons. The lowest BCUT2D eigenvalue weighted by Crippen LogP contribution is -2.31. The highest BCUT2D eigenvalue weighted by molar-refractivity contribution is 6.31. The molecular weight excluding hydrogens is 428 g/mol. The Labute approximate surface area is 193 Å². The molecule has 168 valence electrons. The summed E-state index contributed by atoms with van der Waals surface area (Å²) in [4.78, 5) is 25.9. The van der Waals surface area contributed by atoms with Crippen LogP contribution >= 0.6 is 11.6 Å². The number of carbonyl (C=O) groups is 2. The predicted octanol–water partition coefficient (Wildman–Crippen LogP) is 5.35. The van der Waals surface area contributed by atoms with Crippen molar-refractivity contribution in [1.82, 2.24) is 10.2 Å². The number of urea groups is 1. The smallest absolute Gasteiger partial charge is 0.329 e. The molecule has 32 heavy (non-hydrogen) atoms. The lowest BCUT2D eigenvalue weighted by atomic mass is 10.0. The largest absolute Gasteiger partial charge is 0.490 e. The number of benzene rings is 2. The molecule has 0 spiro atoms. The Kier molecular flexibility index (Phi) is 7.95. The van der Waals surface area contributed by atoms with Crippen LogP contribution in [0.5, 0.6) is 11.5 Å². The van der Waals surface area contributed by atoms with Gasteiger partial charge in [-0.25, -0.2) is 4.79 Å². The normalized spacial score (nSPS) is 14.6. The van der Waals surface area contributed by atoms with Crippen LogP contribution in [-0.4, -0.2) is 30.0 Å². The number of amides is 3. The van der Waals surface area contributed by atoms with E-state index in [1.54, 1.807) is 18.2 Å². The number of nitrogens with one attached hydrogen (secondary N) is 1. The van der Waals surface area contributed by atoms with Gasteiger partial charge in [-0.2, -0.15) is 0 Å². The zero-order chi connectivity index (χ0) is 23.1. The molecule has 6 nitrogen and oxygen atoms in total. The van der Waals surface area contributed by atoms with Crippen molar-refractivity contribution < 1.29 is 19.1 Å². The first kappa shape index (κ1) is 23.4. The Morgan fingerprint density at radius 2 is 1.91 bits per heavy atom. The summed E-state index contributed by atoms with van der Waals surface area (Å²) in [6.07, 6.45) is 4.66. The molecule has 0 unspecified atom stereocenters. The number of halogens is 1. The van der Waals surface area contributed by atoms with Crippen molar-refractivity contribution in [2.75, 3.05) is 13.2 Å². The maximum Gasteiger partial charge on any atom is 0.329 e. The van der Waals surface area contributed by atoms with Gasteiger partial charge in [0, 0.05) is 22.7 Å². The molecule has 0 aromatic heterocycles. The van der Waals surface area contributed by atoms with E-state index in [1.165, 1.54) is 4.90 Å². The number of ether oxygens (including phenoxy) is 2. The first-order valence-electron chi connectivity index (χ1n) is 10.6. The zero-order valence-electron chi connectivity index (χ0n) is 18.3. The summed E-state index contributed by atoms with van der Waals surface area (Å²) in [5.74, 6) is 0.815. The Balaban J connectivity index is 1.95. The zero-order valence-corrected chi connectivity index (χ0v) is 19.1. The average molecular weight is 455 g/mol. The molecule has 2 aromatic rings. The second-order valence-corrected chi connectivity index (χ2v) is 7.67. The van der Waals surface area contributed by atoms with Crippen LogP contribution in [-0.2, 0) is 17.8 Å². The van der Waals surface area contributed by atoms with Gasteiger partial charge in [0.1, 0.15) is 12.3 Å². The maximum absolute atomic E-state index is 12.6. The molecule has 1 fully saturated rings. The van der Waals surface area contributed by atoms with E-state index in [9.17, 15) is 9.59 Å². The topological polar surface area (TPSA) is 67.9 Å². The molecule has 0 aliphatic carbocycles. The van der Waals surface area contributed by atoms with Crippen molar-refractivity contribution in [1.29, 1.82) is 0 Å². The molecular formula is C25H27ClN2O4. The summed E-state index contributed by atoms with van der Waals surface area (Å²) >= 11 is 6.27. The molecule has 1 aliphatic rings. The minimum Gasteiger partial charge on any atom is -0.490 e. The number of imide groups is 1. The molecule has 2 aromatic carbocycles. The number of nitrogens with zero attached hydrogens (tertiary/aromatic N) is 1. The second-order valence-electron chi connectivity index (χ2n) is 7.26. The average Bonchev–Trinajstić information content (AvgIpc) is 3.02. The number of hydrogen-bond donors (Lipinski definition) is 1. The molecule has 1 N–H and O–H groups in total. The van der Waals surface area contributed by atoms with Crippen LogP contribution in [0, 0.1) is 0 Å². The maximum atomic E-state index is 12.6. The predicted molar refractivity (Wildman–Crippen MR) is 126 cm³/mol. The highest BCUT2D eigenvalue weighted by Gasteiger charge is 2.32. The van der Waals surface area contributed by atoms with Crippen molar-refractivity contribution in [3.63, 3.8) is 0 Å². The van der Waals surface area contributed by atoms with Gasteiger partial charge in [0.2, 0.25) is 0 Å². The molecule has 0 atom stereocenters. The summed E-state index contributed by atoms with van der Waals surface area (Å²) in [5.41, 5.74) is 2.67. The molecule has 0 bridgehead atoms. The third kappa shape index (κ3) is 5.32. The molecule has 1 saturated heterocycles. The van der Waals surface area contributed by atoms with Gasteiger partial charge in [-0.1, -0.05) is 42.8 Å². The summed E-state index contributed by atoms with van der Waals surface area (Å²) in [7, 11) is 0. The van der Waals surface area contributed by atoms with Crippen LogP contribution in [0.15, 0.2) is 54.8 Å². The summed E-state index contributed by atoms with van der Waals surface area (Å²) in [6.45, 7) is 8.75. The van der Waals surface area contributed by atoms with E-state index in [0.717, 1.165) is 16.7 Å². The molecule has 1 heterocycles. The first-order chi connectivity index (χ1) is 15.5. The van der Waals surface area contributed by atoms with E-state index >= 15 is 0 Å². The number of carbonyl (C=O) groups excluding carboxylic acids is 2. The van der Waals surface area contributed by atoms with Gasteiger partial charge in [0.05, 0.1) is 6.61 Å². The van der Waals surface area contributed by atoms with Gasteiger partial charge < -0.3 is 14.8 Å². The van der Waals surface area contributed by atoms with Gasteiger partial charge in [0.15, 0.2) is 11.5 Å². The van der Waals surface area contributed by atoms with E-state index in [0.29, 0.717) is 42.5 Å². The van der Waals surface area contributed by atoms with Crippen LogP contribution in [0.3, 0.4) is 0 Å². The van der Waals surface area contributed by atoms with Crippen molar-refractivity contribution in [3.05, 3.63) is 76.5 Å². The van der Waals surface area contributed by atoms with Gasteiger partial charge in [-0.3, -0.25) is 9.69 Å². The van der Waals surface area contributed by atoms with Gasteiger partial charge in [-0.05, 0) is 49.6 Å². The highest BCUT2D eigenvalue weighted by Crippen LogP contribution is 2.36. The van der Waals surface area contributed by atoms with Gasteiger partial charge in [0.25, 0.3) is 5.91 Å². The minimum absolute atomic E-state index is 0.236. The monoisotopic (exact) mass is 454 g/mol. The van der Waals surface area contributed by atoms with E-state index in [4.69, 9.17) is 21.1 Å². The Bertz CT molecular complexity index is 1050. The fraction of sp³-hybridized carbons (Fsp3) is 0.280. The van der Waals surface area contributed by atoms with Crippen LogP contribution in [0.25, 0.3) is 6.08 Å². The fourth-order valence-electron chi connectivity index (χ4n) is 3.43. The first-order valence-corrected chi connectivity index (χ1v) is 11.0.